The molecule has 0 aromatic carbocycles. The highest BCUT2D eigenvalue weighted by atomic mass is 16.6. The number of morpholine rings is 1. The highest BCUT2D eigenvalue weighted by Crippen LogP contribution is 1.97. The SMILES string of the molecule is c1cnc(NOCCN2CCOCC2)nc1. The predicted octanol–water partition coefficient (Wildman–Crippen LogP) is 0.152. The normalized spacial score (nSPS) is 17.2. The Morgan fingerprint density at radius 1 is 1.31 bits per heavy atom. The fourth-order valence-corrected chi connectivity index (χ4v) is 1.47. The van der Waals surface area contributed by atoms with Gasteiger partial charge in [-0.1, -0.05) is 0 Å². The van der Waals surface area contributed by atoms with Gasteiger partial charge < -0.3 is 4.74 Å². The zero-order valence-electron chi connectivity index (χ0n) is 9.13. The van der Waals surface area contributed by atoms with E-state index in [1.54, 1.807) is 18.5 Å². The predicted molar refractivity (Wildman–Crippen MR) is 58.9 cm³/mol. The Labute approximate surface area is 94.5 Å². The van der Waals surface area contributed by atoms with Crippen molar-refractivity contribution in [3.05, 3.63) is 18.5 Å². The number of rotatable bonds is 5. The van der Waals surface area contributed by atoms with Gasteiger partial charge in [-0.2, -0.15) is 0 Å². The van der Waals surface area contributed by atoms with Gasteiger partial charge in [0.1, 0.15) is 0 Å². The lowest BCUT2D eigenvalue weighted by molar-refractivity contribution is 0.0259. The third kappa shape index (κ3) is 3.73. The zero-order chi connectivity index (χ0) is 11.1. The second-order valence-corrected chi connectivity index (χ2v) is 3.48. The van der Waals surface area contributed by atoms with Gasteiger partial charge in [0.25, 0.3) is 0 Å². The molecule has 1 saturated heterocycles. The Morgan fingerprint density at radius 2 is 2.06 bits per heavy atom. The molecule has 2 rings (SSSR count). The molecule has 16 heavy (non-hydrogen) atoms. The van der Waals surface area contributed by atoms with E-state index in [4.69, 9.17) is 9.57 Å². The van der Waals surface area contributed by atoms with E-state index in [2.05, 4.69) is 20.3 Å². The number of ether oxygens (including phenoxy) is 1. The lowest BCUT2D eigenvalue weighted by Crippen LogP contribution is -2.38. The van der Waals surface area contributed by atoms with Crippen LogP contribution in [0.4, 0.5) is 5.95 Å². The molecule has 0 spiro atoms. The van der Waals surface area contributed by atoms with E-state index in [0.29, 0.717) is 12.6 Å². The van der Waals surface area contributed by atoms with Crippen LogP contribution in [0.2, 0.25) is 0 Å². The monoisotopic (exact) mass is 224 g/mol. The van der Waals surface area contributed by atoms with Crippen LogP contribution in [-0.2, 0) is 9.57 Å². The molecule has 0 atom stereocenters. The van der Waals surface area contributed by atoms with Gasteiger partial charge in [0, 0.05) is 32.0 Å². The summed E-state index contributed by atoms with van der Waals surface area (Å²) in [7, 11) is 0. The van der Waals surface area contributed by atoms with Gasteiger partial charge in [0.15, 0.2) is 0 Å². The molecule has 6 heteroatoms. The van der Waals surface area contributed by atoms with Crippen LogP contribution in [0.15, 0.2) is 18.5 Å². The van der Waals surface area contributed by atoms with Crippen LogP contribution in [0.1, 0.15) is 0 Å². The topological polar surface area (TPSA) is 59.5 Å². The van der Waals surface area contributed by atoms with Gasteiger partial charge in [-0.3, -0.25) is 9.74 Å². The molecule has 88 valence electrons. The first-order valence-electron chi connectivity index (χ1n) is 5.40. The third-order valence-electron chi connectivity index (χ3n) is 2.34. The molecule has 6 nitrogen and oxygen atoms in total. The molecule has 1 aromatic rings. The summed E-state index contributed by atoms with van der Waals surface area (Å²) in [6.45, 7) is 5.09. The zero-order valence-corrected chi connectivity index (χ0v) is 9.13. The molecule has 0 unspecified atom stereocenters. The van der Waals surface area contributed by atoms with Crippen LogP contribution in [0.5, 0.6) is 0 Å². The first-order chi connectivity index (χ1) is 7.95. The molecule has 0 bridgehead atoms. The van der Waals surface area contributed by atoms with E-state index in [1.165, 1.54) is 0 Å². The van der Waals surface area contributed by atoms with Crippen LogP contribution >= 0.6 is 0 Å². The second kappa shape index (κ2) is 6.37. The summed E-state index contributed by atoms with van der Waals surface area (Å²) in [6, 6.07) is 1.76. The summed E-state index contributed by atoms with van der Waals surface area (Å²) in [5.41, 5.74) is 2.70. The average Bonchev–Trinajstić information content (AvgIpc) is 2.37. The van der Waals surface area contributed by atoms with E-state index in [9.17, 15) is 0 Å². The molecular formula is C10H16N4O2. The summed E-state index contributed by atoms with van der Waals surface area (Å²) in [5.74, 6) is 0.490. The van der Waals surface area contributed by atoms with Crippen molar-refractivity contribution in [1.29, 1.82) is 0 Å². The minimum absolute atomic E-state index is 0.490. The average molecular weight is 224 g/mol. The van der Waals surface area contributed by atoms with Gasteiger partial charge in [0.2, 0.25) is 5.95 Å². The Hall–Kier alpha value is -1.24. The quantitative estimate of drug-likeness (QED) is 0.567. The summed E-state index contributed by atoms with van der Waals surface area (Å²) in [5, 5.41) is 0. The van der Waals surface area contributed by atoms with Crippen molar-refractivity contribution in [3.8, 4) is 0 Å². The van der Waals surface area contributed by atoms with E-state index < -0.39 is 0 Å². The Balaban J connectivity index is 1.58. The summed E-state index contributed by atoms with van der Waals surface area (Å²) in [4.78, 5) is 15.5. The van der Waals surface area contributed by atoms with Crippen LogP contribution in [0.3, 0.4) is 0 Å². The number of nitrogens with zero attached hydrogens (tertiary/aromatic N) is 3. The smallest absolute Gasteiger partial charge is 0.247 e. The van der Waals surface area contributed by atoms with Gasteiger partial charge in [0.05, 0.1) is 19.8 Å². The van der Waals surface area contributed by atoms with E-state index in [0.717, 1.165) is 32.8 Å². The van der Waals surface area contributed by atoms with Gasteiger partial charge >= 0.3 is 0 Å². The molecule has 1 aliphatic heterocycles. The van der Waals surface area contributed by atoms with Gasteiger partial charge in [-0.25, -0.2) is 15.4 Å². The van der Waals surface area contributed by atoms with Crippen LogP contribution in [-0.4, -0.2) is 54.3 Å². The first kappa shape index (κ1) is 11.3. The van der Waals surface area contributed by atoms with Crippen molar-refractivity contribution in [2.75, 3.05) is 44.9 Å². The molecule has 1 N–H and O–H groups in total. The van der Waals surface area contributed by atoms with Crippen LogP contribution < -0.4 is 5.48 Å². The minimum atomic E-state index is 0.490. The summed E-state index contributed by atoms with van der Waals surface area (Å²) in [6.07, 6.45) is 3.33. The molecule has 1 fully saturated rings. The van der Waals surface area contributed by atoms with E-state index in [1.807, 2.05) is 0 Å². The molecular weight excluding hydrogens is 208 g/mol. The first-order valence-corrected chi connectivity index (χ1v) is 5.40. The van der Waals surface area contributed by atoms with Crippen LogP contribution in [0, 0.1) is 0 Å². The van der Waals surface area contributed by atoms with Crippen molar-refractivity contribution in [1.82, 2.24) is 14.9 Å². The van der Waals surface area contributed by atoms with Crippen molar-refractivity contribution in [2.45, 2.75) is 0 Å². The molecule has 2 heterocycles. The summed E-state index contributed by atoms with van der Waals surface area (Å²) >= 11 is 0. The fourth-order valence-electron chi connectivity index (χ4n) is 1.47. The molecule has 0 radical (unpaired) electrons. The minimum Gasteiger partial charge on any atom is -0.379 e. The fraction of sp³-hybridized carbons (Fsp3) is 0.600. The number of hydrogen-bond donors (Lipinski definition) is 1. The Morgan fingerprint density at radius 3 is 2.81 bits per heavy atom. The molecule has 0 amide bonds. The highest BCUT2D eigenvalue weighted by Gasteiger charge is 2.09. The highest BCUT2D eigenvalue weighted by molar-refractivity contribution is 5.17. The van der Waals surface area contributed by atoms with Gasteiger partial charge in [-0.15, -0.1) is 0 Å². The number of nitrogens with one attached hydrogen (secondary N) is 1. The van der Waals surface area contributed by atoms with Crippen molar-refractivity contribution in [3.63, 3.8) is 0 Å². The maximum Gasteiger partial charge on any atom is 0.247 e. The molecule has 1 aliphatic rings. The maximum absolute atomic E-state index is 5.26. The number of anilines is 1. The summed E-state index contributed by atoms with van der Waals surface area (Å²) < 4.78 is 5.26. The van der Waals surface area contributed by atoms with Crippen molar-refractivity contribution < 1.29 is 9.57 Å². The molecule has 0 aliphatic carbocycles. The van der Waals surface area contributed by atoms with Crippen LogP contribution in [0.25, 0.3) is 0 Å². The Kier molecular flexibility index (Phi) is 4.48. The molecule has 1 aromatic heterocycles. The maximum atomic E-state index is 5.26. The van der Waals surface area contributed by atoms with Gasteiger partial charge in [-0.05, 0) is 6.07 Å². The van der Waals surface area contributed by atoms with E-state index >= 15 is 0 Å². The third-order valence-corrected chi connectivity index (χ3v) is 2.34. The molecule has 0 saturated carbocycles. The number of aromatic nitrogens is 2. The van der Waals surface area contributed by atoms with E-state index in [-0.39, 0.29) is 0 Å². The Bertz CT molecular complexity index is 290. The lowest BCUT2D eigenvalue weighted by Gasteiger charge is -2.26. The second-order valence-electron chi connectivity index (χ2n) is 3.48. The largest absolute Gasteiger partial charge is 0.379 e. The number of hydrogen-bond acceptors (Lipinski definition) is 6. The van der Waals surface area contributed by atoms with Crippen molar-refractivity contribution >= 4 is 5.95 Å². The van der Waals surface area contributed by atoms with Crippen molar-refractivity contribution in [2.24, 2.45) is 0 Å². The standard InChI is InChI=1S/C10H16N4O2/c1-2-11-10(12-3-1)13-16-9-6-14-4-7-15-8-5-14/h1-3H,4-9H2,(H,11,12,13). The lowest BCUT2D eigenvalue weighted by atomic mass is 10.4.